The molecule has 1 amide bonds. The maximum absolute atomic E-state index is 13.1. The number of ketones is 1. The van der Waals surface area contributed by atoms with Gasteiger partial charge in [-0.2, -0.15) is 5.10 Å². The van der Waals surface area contributed by atoms with E-state index in [1.165, 1.54) is 18.2 Å². The van der Waals surface area contributed by atoms with Crippen LogP contribution in [0.4, 0.5) is 11.4 Å². The summed E-state index contributed by atoms with van der Waals surface area (Å²) in [6.07, 6.45) is 1.65. The monoisotopic (exact) mass is 443 g/mol. The summed E-state index contributed by atoms with van der Waals surface area (Å²) in [4.78, 5) is 41.4. The Morgan fingerprint density at radius 1 is 1.06 bits per heavy atom. The fraction of sp³-hybridized carbons (Fsp3) is 0.167. The van der Waals surface area contributed by atoms with E-state index >= 15 is 0 Å². The molecule has 0 saturated heterocycles. The molecule has 0 unspecified atom stereocenters. The predicted molar refractivity (Wildman–Crippen MR) is 124 cm³/mol. The molecule has 9 heteroatoms. The van der Waals surface area contributed by atoms with Crippen molar-refractivity contribution < 1.29 is 14.5 Å². The predicted octanol–water partition coefficient (Wildman–Crippen LogP) is 4.71. The summed E-state index contributed by atoms with van der Waals surface area (Å²) in [6, 6.07) is 14.0. The lowest BCUT2D eigenvalue weighted by Crippen LogP contribution is -2.17. The van der Waals surface area contributed by atoms with E-state index in [0.717, 1.165) is 0 Å². The fourth-order valence-corrected chi connectivity index (χ4v) is 3.55. The molecule has 4 rings (SSSR count). The zero-order chi connectivity index (χ0) is 23.7. The van der Waals surface area contributed by atoms with Crippen molar-refractivity contribution in [2.24, 2.45) is 0 Å². The van der Waals surface area contributed by atoms with Crippen molar-refractivity contribution in [1.29, 1.82) is 0 Å². The van der Waals surface area contributed by atoms with Crippen LogP contribution in [-0.4, -0.2) is 31.4 Å². The number of carbonyl (C=O) groups is 2. The molecule has 0 fully saturated rings. The van der Waals surface area contributed by atoms with Crippen LogP contribution in [0.5, 0.6) is 0 Å². The summed E-state index contributed by atoms with van der Waals surface area (Å²) in [5.74, 6) is -0.909. The van der Waals surface area contributed by atoms with Gasteiger partial charge < -0.3 is 5.32 Å². The van der Waals surface area contributed by atoms with Crippen LogP contribution < -0.4 is 5.32 Å². The molecule has 0 atom stereocenters. The maximum atomic E-state index is 13.1. The van der Waals surface area contributed by atoms with Crippen molar-refractivity contribution in [3.05, 3.63) is 93.3 Å². The van der Waals surface area contributed by atoms with E-state index in [2.05, 4.69) is 15.4 Å². The number of aryl methyl sites for hydroxylation is 1. The van der Waals surface area contributed by atoms with Crippen LogP contribution in [0.15, 0.2) is 60.8 Å². The molecule has 0 aliphatic rings. The third-order valence-electron chi connectivity index (χ3n) is 5.24. The van der Waals surface area contributed by atoms with E-state index in [-0.39, 0.29) is 23.0 Å². The molecule has 0 saturated carbocycles. The highest BCUT2D eigenvalue weighted by atomic mass is 16.6. The topological polar surface area (TPSA) is 120 Å². The van der Waals surface area contributed by atoms with Crippen molar-refractivity contribution in [2.75, 3.05) is 5.32 Å². The van der Waals surface area contributed by atoms with Crippen molar-refractivity contribution in [3.8, 4) is 0 Å². The molecule has 0 bridgehead atoms. The van der Waals surface area contributed by atoms with E-state index in [1.807, 2.05) is 13.8 Å². The van der Waals surface area contributed by atoms with Gasteiger partial charge in [0.15, 0.2) is 11.4 Å². The molecule has 2 aromatic carbocycles. The van der Waals surface area contributed by atoms with Crippen LogP contribution in [0.1, 0.15) is 51.9 Å². The lowest BCUT2D eigenvalue weighted by atomic mass is 10.0. The largest absolute Gasteiger partial charge is 0.321 e. The summed E-state index contributed by atoms with van der Waals surface area (Å²) < 4.78 is 1.77. The number of carbonyl (C=O) groups excluding carboxylic acids is 2. The number of aromatic nitrogens is 3. The quantitative estimate of drug-likeness (QED) is 0.262. The van der Waals surface area contributed by atoms with Gasteiger partial charge in [-0.05, 0) is 32.9 Å². The number of nitrogens with one attached hydrogen (secondary N) is 1. The number of fused-ring (bicyclic) bond motifs is 1. The second kappa shape index (κ2) is 8.62. The Balaban J connectivity index is 1.73. The highest BCUT2D eigenvalue weighted by molar-refractivity contribution is 6.16. The summed E-state index contributed by atoms with van der Waals surface area (Å²) in [6.45, 7) is 5.70. The van der Waals surface area contributed by atoms with Gasteiger partial charge in [-0.1, -0.05) is 30.3 Å². The van der Waals surface area contributed by atoms with Crippen molar-refractivity contribution in [3.63, 3.8) is 0 Å². The number of anilines is 1. The van der Waals surface area contributed by atoms with Gasteiger partial charge in [0.25, 0.3) is 11.6 Å². The molecule has 9 nitrogen and oxygen atoms in total. The SMILES string of the molecule is Cc1nc2c(cnn2C(C)C)cc1C(=O)Nc1ccc([N+](=O)[O-])cc1C(=O)c1ccccc1. The summed E-state index contributed by atoms with van der Waals surface area (Å²) in [5, 5.41) is 19.0. The van der Waals surface area contributed by atoms with E-state index in [4.69, 9.17) is 0 Å². The first-order valence-corrected chi connectivity index (χ1v) is 10.3. The lowest BCUT2D eigenvalue weighted by molar-refractivity contribution is -0.384. The maximum Gasteiger partial charge on any atom is 0.270 e. The number of hydrogen-bond acceptors (Lipinski definition) is 6. The van der Waals surface area contributed by atoms with E-state index in [9.17, 15) is 19.7 Å². The van der Waals surface area contributed by atoms with Gasteiger partial charge in [-0.25, -0.2) is 9.67 Å². The first-order chi connectivity index (χ1) is 15.8. The number of nitro groups is 1. The summed E-state index contributed by atoms with van der Waals surface area (Å²) in [5.41, 5.74) is 1.82. The Hall–Kier alpha value is -4.40. The number of hydrogen-bond donors (Lipinski definition) is 1. The molecular weight excluding hydrogens is 422 g/mol. The molecule has 0 radical (unpaired) electrons. The highest BCUT2D eigenvalue weighted by Gasteiger charge is 2.21. The van der Waals surface area contributed by atoms with Gasteiger partial charge in [0.1, 0.15) is 0 Å². The molecule has 0 aliphatic carbocycles. The average molecular weight is 443 g/mol. The Morgan fingerprint density at radius 2 is 1.79 bits per heavy atom. The van der Waals surface area contributed by atoms with Crippen molar-refractivity contribution >= 4 is 34.1 Å². The number of amides is 1. The highest BCUT2D eigenvalue weighted by Crippen LogP contribution is 2.26. The Kier molecular flexibility index (Phi) is 5.70. The molecule has 2 heterocycles. The summed E-state index contributed by atoms with van der Waals surface area (Å²) >= 11 is 0. The molecular formula is C24H21N5O4. The molecule has 0 aliphatic heterocycles. The Bertz CT molecular complexity index is 1390. The van der Waals surface area contributed by atoms with Gasteiger partial charge in [0, 0.05) is 29.1 Å². The van der Waals surface area contributed by atoms with Gasteiger partial charge >= 0.3 is 0 Å². The van der Waals surface area contributed by atoms with Crippen LogP contribution in [0.25, 0.3) is 11.0 Å². The second-order valence-electron chi connectivity index (χ2n) is 7.85. The van der Waals surface area contributed by atoms with Crippen molar-refractivity contribution in [2.45, 2.75) is 26.8 Å². The van der Waals surface area contributed by atoms with Crippen LogP contribution in [0, 0.1) is 17.0 Å². The third-order valence-corrected chi connectivity index (χ3v) is 5.24. The smallest absolute Gasteiger partial charge is 0.270 e. The average Bonchev–Trinajstić information content (AvgIpc) is 3.21. The van der Waals surface area contributed by atoms with Gasteiger partial charge in [-0.15, -0.1) is 0 Å². The van der Waals surface area contributed by atoms with Crippen LogP contribution >= 0.6 is 0 Å². The zero-order valence-corrected chi connectivity index (χ0v) is 18.3. The zero-order valence-electron chi connectivity index (χ0n) is 18.3. The fourth-order valence-electron chi connectivity index (χ4n) is 3.55. The second-order valence-corrected chi connectivity index (χ2v) is 7.85. The number of pyridine rings is 1. The molecule has 33 heavy (non-hydrogen) atoms. The molecule has 1 N–H and O–H groups in total. The van der Waals surface area contributed by atoms with Crippen molar-refractivity contribution in [1.82, 2.24) is 14.8 Å². The first-order valence-electron chi connectivity index (χ1n) is 10.3. The molecule has 166 valence electrons. The third kappa shape index (κ3) is 4.20. The van der Waals surface area contributed by atoms with E-state index < -0.39 is 16.6 Å². The number of nitro benzene ring substituents is 1. The normalized spacial score (nSPS) is 11.0. The Labute approximate surface area is 189 Å². The summed E-state index contributed by atoms with van der Waals surface area (Å²) in [7, 11) is 0. The molecule has 2 aromatic heterocycles. The number of benzene rings is 2. The minimum Gasteiger partial charge on any atom is -0.321 e. The molecule has 4 aromatic rings. The van der Waals surface area contributed by atoms with Gasteiger partial charge in [-0.3, -0.25) is 19.7 Å². The van der Waals surface area contributed by atoms with Crippen LogP contribution in [0.3, 0.4) is 0 Å². The lowest BCUT2D eigenvalue weighted by Gasteiger charge is -2.12. The first kappa shape index (κ1) is 21.8. The van der Waals surface area contributed by atoms with Gasteiger partial charge in [0.05, 0.1) is 33.6 Å². The number of nitrogens with zero attached hydrogens (tertiary/aromatic N) is 4. The molecule has 0 spiro atoms. The van der Waals surface area contributed by atoms with Gasteiger partial charge in [0.2, 0.25) is 0 Å². The number of rotatable bonds is 6. The Morgan fingerprint density at radius 3 is 2.45 bits per heavy atom. The van der Waals surface area contributed by atoms with E-state index in [0.29, 0.717) is 27.9 Å². The van der Waals surface area contributed by atoms with E-state index in [1.54, 1.807) is 54.2 Å². The number of non-ortho nitro benzene ring substituents is 1. The van der Waals surface area contributed by atoms with Crippen LogP contribution in [0.2, 0.25) is 0 Å². The minimum atomic E-state index is -0.582. The minimum absolute atomic E-state index is 0.0306. The standard InChI is InChI=1S/C24H21N5O4/c1-14(2)28-23-17(13-25-28)11-19(15(3)26-23)24(31)27-21-10-9-18(29(32)33)12-20(21)22(30)16-7-5-4-6-8-16/h4-14H,1-3H3,(H,27,31). The van der Waals surface area contributed by atoms with Crippen LogP contribution in [-0.2, 0) is 0 Å².